The van der Waals surface area contributed by atoms with Crippen LogP contribution in [0.1, 0.15) is 52.7 Å². The number of hydrogen-bond acceptors (Lipinski definition) is 7. The zero-order chi connectivity index (χ0) is 30.0. The minimum absolute atomic E-state index is 0.107. The summed E-state index contributed by atoms with van der Waals surface area (Å²) in [6.45, 7) is 7.33. The fourth-order valence-corrected chi connectivity index (χ4v) is 4.22. The molecule has 220 valence electrons. The van der Waals surface area contributed by atoms with Crippen molar-refractivity contribution >= 4 is 35.5 Å². The van der Waals surface area contributed by atoms with Crippen LogP contribution in [0.2, 0.25) is 0 Å². The highest BCUT2D eigenvalue weighted by molar-refractivity contribution is 6.38. The molecule has 40 heavy (non-hydrogen) atoms. The van der Waals surface area contributed by atoms with Crippen molar-refractivity contribution in [3.05, 3.63) is 29.8 Å². The predicted molar refractivity (Wildman–Crippen MR) is 140 cm³/mol. The maximum absolute atomic E-state index is 13.4. The first-order valence-corrected chi connectivity index (χ1v) is 13.1. The van der Waals surface area contributed by atoms with E-state index in [2.05, 4.69) is 31.6 Å². The van der Waals surface area contributed by atoms with Crippen LogP contribution in [0.4, 0.5) is 9.18 Å². The number of nitrogens with zero attached hydrogens (tertiary/aromatic N) is 1. The molecule has 14 heteroatoms. The summed E-state index contributed by atoms with van der Waals surface area (Å²) in [4.78, 5) is 79.3. The van der Waals surface area contributed by atoms with Crippen molar-refractivity contribution in [2.24, 2.45) is 11.8 Å². The molecule has 0 aromatic carbocycles. The van der Waals surface area contributed by atoms with Gasteiger partial charge in [0.1, 0.15) is 17.9 Å². The molecule has 4 atom stereocenters. The third-order valence-electron chi connectivity index (χ3n) is 6.12. The lowest BCUT2D eigenvalue weighted by molar-refractivity contribution is -0.141. The smallest absolute Gasteiger partial charge is 0.405 e. The lowest BCUT2D eigenvalue weighted by Gasteiger charge is -2.26. The lowest BCUT2D eigenvalue weighted by atomic mass is 9.94. The number of amides is 5. The van der Waals surface area contributed by atoms with Gasteiger partial charge in [-0.1, -0.05) is 13.8 Å². The van der Waals surface area contributed by atoms with E-state index in [4.69, 9.17) is 0 Å². The summed E-state index contributed by atoms with van der Waals surface area (Å²) in [5.74, 6) is -5.06. The van der Waals surface area contributed by atoms with Crippen LogP contribution in [0.15, 0.2) is 18.3 Å². The van der Waals surface area contributed by atoms with Gasteiger partial charge in [-0.3, -0.25) is 29.0 Å². The Kier molecular flexibility index (Phi) is 12.0. The third-order valence-corrected chi connectivity index (χ3v) is 6.12. The minimum atomic E-state index is -1.50. The van der Waals surface area contributed by atoms with Crippen molar-refractivity contribution in [1.29, 1.82) is 0 Å². The van der Waals surface area contributed by atoms with E-state index in [0.717, 1.165) is 12.3 Å². The average molecular weight is 565 g/mol. The average Bonchev–Trinajstić information content (AvgIpc) is 3.26. The monoisotopic (exact) mass is 564 g/mol. The summed E-state index contributed by atoms with van der Waals surface area (Å²) < 4.78 is 13.2. The predicted octanol–water partition coefficient (Wildman–Crippen LogP) is 0.0350. The van der Waals surface area contributed by atoms with Crippen LogP contribution in [-0.4, -0.2) is 76.3 Å². The van der Waals surface area contributed by atoms with Gasteiger partial charge in [-0.2, -0.15) is 0 Å². The van der Waals surface area contributed by atoms with Crippen LogP contribution in [0.3, 0.4) is 0 Å². The molecule has 0 spiro atoms. The first kappa shape index (κ1) is 32.1. The molecule has 0 unspecified atom stereocenters. The molecular weight excluding hydrogens is 527 g/mol. The van der Waals surface area contributed by atoms with Gasteiger partial charge in [0.15, 0.2) is 0 Å². The van der Waals surface area contributed by atoms with Crippen LogP contribution >= 0.6 is 0 Å². The topological polar surface area (TPSA) is 196 Å². The number of aromatic nitrogens is 1. The van der Waals surface area contributed by atoms with Gasteiger partial charge in [0.05, 0.1) is 12.2 Å². The molecule has 2 heterocycles. The van der Waals surface area contributed by atoms with Crippen LogP contribution in [0.25, 0.3) is 0 Å². The SMILES string of the molecule is CC(C)C[C@H](NC(=O)[C@H](Cc1ccc(F)cn1)NC(=O)O)C(=O)N[C@@H](C[C@@H]1CCNC1=O)C(=O)C(=O)NC(C)C. The van der Waals surface area contributed by atoms with Gasteiger partial charge >= 0.3 is 6.09 Å². The van der Waals surface area contributed by atoms with Crippen LogP contribution in [0.5, 0.6) is 0 Å². The summed E-state index contributed by atoms with van der Waals surface area (Å²) in [6.07, 6.45) is -0.349. The Hall–Kier alpha value is -4.10. The number of nitrogens with one attached hydrogen (secondary N) is 5. The Morgan fingerprint density at radius 1 is 1.00 bits per heavy atom. The number of carbonyl (C=O) groups excluding carboxylic acids is 5. The second kappa shape index (κ2) is 14.9. The van der Waals surface area contributed by atoms with E-state index >= 15 is 0 Å². The van der Waals surface area contributed by atoms with Crippen LogP contribution in [-0.2, 0) is 30.4 Å². The summed E-state index contributed by atoms with van der Waals surface area (Å²) >= 11 is 0. The zero-order valence-corrected chi connectivity index (χ0v) is 23.0. The second-order valence-electron chi connectivity index (χ2n) is 10.4. The maximum atomic E-state index is 13.4. The number of ketones is 1. The lowest BCUT2D eigenvalue weighted by Crippen LogP contribution is -2.57. The van der Waals surface area contributed by atoms with Crippen molar-refractivity contribution in [2.45, 2.75) is 77.5 Å². The third kappa shape index (κ3) is 10.2. The van der Waals surface area contributed by atoms with Crippen molar-refractivity contribution in [1.82, 2.24) is 31.6 Å². The highest BCUT2D eigenvalue weighted by Crippen LogP contribution is 2.17. The summed E-state index contributed by atoms with van der Waals surface area (Å²) in [5.41, 5.74) is 0.233. The van der Waals surface area contributed by atoms with Gasteiger partial charge < -0.3 is 31.7 Å². The zero-order valence-electron chi connectivity index (χ0n) is 23.0. The number of rotatable bonds is 14. The van der Waals surface area contributed by atoms with E-state index in [-0.39, 0.29) is 42.8 Å². The van der Waals surface area contributed by atoms with Crippen molar-refractivity contribution in [2.75, 3.05) is 6.54 Å². The minimum Gasteiger partial charge on any atom is -0.465 e. The second-order valence-corrected chi connectivity index (χ2v) is 10.4. The van der Waals surface area contributed by atoms with Crippen LogP contribution in [0, 0.1) is 17.7 Å². The standard InChI is InChI=1S/C26H37FN6O7/c1-13(2)9-19(32-24(37)20(33-26(39)40)11-17-6-5-16(27)12-29-17)23(36)31-18(10-15-7-8-28-22(15)35)21(34)25(38)30-14(3)4/h5-6,12-15,18-20,33H,7-11H2,1-4H3,(H,28,35)(H,30,38)(H,31,36)(H,32,37)(H,39,40)/t15-,18-,19-,20-/m0/s1. The largest absolute Gasteiger partial charge is 0.465 e. The maximum Gasteiger partial charge on any atom is 0.405 e. The highest BCUT2D eigenvalue weighted by Gasteiger charge is 2.36. The van der Waals surface area contributed by atoms with Crippen molar-refractivity contribution < 1.29 is 38.3 Å². The van der Waals surface area contributed by atoms with E-state index in [1.54, 1.807) is 27.7 Å². The Labute approximate surface area is 231 Å². The molecule has 1 aromatic heterocycles. The fraction of sp³-hybridized carbons (Fsp3) is 0.577. The van der Waals surface area contributed by atoms with E-state index in [1.165, 1.54) is 6.07 Å². The number of hydrogen-bond donors (Lipinski definition) is 6. The molecule has 5 amide bonds. The molecular formula is C26H37FN6O7. The Morgan fingerprint density at radius 3 is 2.17 bits per heavy atom. The van der Waals surface area contributed by atoms with Gasteiger partial charge in [-0.05, 0) is 51.2 Å². The molecule has 1 fully saturated rings. The first-order chi connectivity index (χ1) is 18.8. The highest BCUT2D eigenvalue weighted by atomic mass is 19.1. The quantitative estimate of drug-likeness (QED) is 0.170. The normalized spacial score (nSPS) is 17.0. The number of carboxylic acid groups (broad SMARTS) is 1. The van der Waals surface area contributed by atoms with Crippen molar-refractivity contribution in [3.8, 4) is 0 Å². The molecule has 1 aliphatic rings. The molecule has 0 aliphatic carbocycles. The molecule has 6 N–H and O–H groups in total. The molecule has 1 saturated heterocycles. The molecule has 2 rings (SSSR count). The van der Waals surface area contributed by atoms with E-state index in [9.17, 15) is 38.3 Å². The van der Waals surface area contributed by atoms with E-state index < -0.39 is 59.5 Å². The first-order valence-electron chi connectivity index (χ1n) is 13.1. The van der Waals surface area contributed by atoms with Gasteiger partial charge in [0.2, 0.25) is 23.5 Å². The van der Waals surface area contributed by atoms with Gasteiger partial charge in [0, 0.05) is 30.6 Å². The Bertz CT molecular complexity index is 1100. The number of carbonyl (C=O) groups is 6. The molecule has 1 aromatic rings. The van der Waals surface area contributed by atoms with Gasteiger partial charge in [0.25, 0.3) is 5.91 Å². The van der Waals surface area contributed by atoms with Crippen LogP contribution < -0.4 is 26.6 Å². The summed E-state index contributed by atoms with van der Waals surface area (Å²) in [5, 5.41) is 21.5. The number of Topliss-reactive ketones (excluding diaryl/α,β-unsaturated/α-hetero) is 1. The summed E-state index contributed by atoms with van der Waals surface area (Å²) in [6, 6.07) is -1.82. The Balaban J connectivity index is 2.24. The van der Waals surface area contributed by atoms with E-state index in [0.29, 0.717) is 13.0 Å². The van der Waals surface area contributed by atoms with Gasteiger partial charge in [-0.15, -0.1) is 0 Å². The number of pyridine rings is 1. The molecule has 0 radical (unpaired) electrons. The summed E-state index contributed by atoms with van der Waals surface area (Å²) in [7, 11) is 0. The molecule has 0 saturated carbocycles. The number of halogens is 1. The fourth-order valence-electron chi connectivity index (χ4n) is 4.22. The van der Waals surface area contributed by atoms with Gasteiger partial charge in [-0.25, -0.2) is 9.18 Å². The molecule has 13 nitrogen and oxygen atoms in total. The van der Waals surface area contributed by atoms with E-state index in [1.807, 2.05) is 0 Å². The van der Waals surface area contributed by atoms with Crippen molar-refractivity contribution in [3.63, 3.8) is 0 Å². The Morgan fingerprint density at radius 2 is 1.65 bits per heavy atom. The molecule has 0 bridgehead atoms. The molecule has 1 aliphatic heterocycles.